The quantitative estimate of drug-likeness (QED) is 0.655. The monoisotopic (exact) mass is 417 g/mol. The van der Waals surface area contributed by atoms with Crippen LogP contribution in [0.25, 0.3) is 11.2 Å². The molecular weight excluding hydrogens is 382 g/mol. The molecule has 0 unspecified atom stereocenters. The van der Waals surface area contributed by atoms with E-state index >= 15 is 0 Å². The first-order valence-electron chi connectivity index (χ1n) is 11.4. The van der Waals surface area contributed by atoms with E-state index in [1.165, 1.54) is 19.3 Å². The number of rotatable bonds is 9. The molecule has 0 radical (unpaired) electrons. The number of imidazole rings is 1. The van der Waals surface area contributed by atoms with E-state index in [4.69, 9.17) is 0 Å². The number of aromatic amines is 1. The number of aromatic nitrogens is 4. The van der Waals surface area contributed by atoms with Gasteiger partial charge in [-0.3, -0.25) is 19.1 Å². The molecule has 0 aromatic carbocycles. The average molecular weight is 418 g/mol. The van der Waals surface area contributed by atoms with E-state index in [-0.39, 0.29) is 11.9 Å². The molecule has 2 aromatic heterocycles. The van der Waals surface area contributed by atoms with Gasteiger partial charge in [-0.15, -0.1) is 0 Å². The summed E-state index contributed by atoms with van der Waals surface area (Å²) in [6.45, 7) is 7.34. The zero-order valence-corrected chi connectivity index (χ0v) is 18.5. The van der Waals surface area contributed by atoms with Crippen LogP contribution >= 0.6 is 0 Å². The van der Waals surface area contributed by atoms with Crippen LogP contribution in [0.3, 0.4) is 0 Å². The van der Waals surface area contributed by atoms with Crippen LogP contribution in [0.5, 0.6) is 0 Å². The van der Waals surface area contributed by atoms with Crippen LogP contribution in [-0.2, 0) is 24.3 Å². The van der Waals surface area contributed by atoms with Crippen molar-refractivity contribution in [3.63, 3.8) is 0 Å². The maximum Gasteiger partial charge on any atom is 0.330 e. The zero-order chi connectivity index (χ0) is 21.7. The van der Waals surface area contributed by atoms with Gasteiger partial charge in [-0.1, -0.05) is 46.5 Å². The SMILES string of the molecule is CCCCn1c(=O)[nH]c(=O)c2c1nc(CCC(=O)NC1CCCCC1)n2CC(C)C. The first kappa shape index (κ1) is 22.3. The molecular formula is C22H35N5O3. The van der Waals surface area contributed by atoms with Crippen molar-refractivity contribution in [1.29, 1.82) is 0 Å². The number of fused-ring (bicyclic) bond motifs is 1. The van der Waals surface area contributed by atoms with Crippen LogP contribution in [0.4, 0.5) is 0 Å². The number of hydrogen-bond donors (Lipinski definition) is 2. The van der Waals surface area contributed by atoms with Gasteiger partial charge in [0.25, 0.3) is 5.56 Å². The Balaban J connectivity index is 1.88. The van der Waals surface area contributed by atoms with Gasteiger partial charge in [-0.05, 0) is 25.2 Å². The molecule has 2 aromatic rings. The van der Waals surface area contributed by atoms with Crippen LogP contribution in [0.15, 0.2) is 9.59 Å². The third-order valence-corrected chi connectivity index (χ3v) is 5.79. The maximum absolute atomic E-state index is 12.6. The highest BCUT2D eigenvalue weighted by Gasteiger charge is 2.21. The third kappa shape index (κ3) is 5.21. The molecule has 1 aliphatic carbocycles. The summed E-state index contributed by atoms with van der Waals surface area (Å²) < 4.78 is 3.46. The Bertz CT molecular complexity index is 979. The van der Waals surface area contributed by atoms with E-state index < -0.39 is 11.2 Å². The van der Waals surface area contributed by atoms with E-state index in [1.807, 2.05) is 4.57 Å². The molecule has 0 spiro atoms. The number of unbranched alkanes of at least 4 members (excludes halogenated alkanes) is 1. The summed E-state index contributed by atoms with van der Waals surface area (Å²) in [5.41, 5.74) is 0.0353. The summed E-state index contributed by atoms with van der Waals surface area (Å²) in [5, 5.41) is 3.14. The van der Waals surface area contributed by atoms with Gasteiger partial charge in [-0.25, -0.2) is 9.78 Å². The minimum atomic E-state index is -0.420. The minimum Gasteiger partial charge on any atom is -0.353 e. The molecule has 2 heterocycles. The standard InChI is InChI=1S/C22H35N5O3/c1-4-5-13-26-20-19(21(29)25-22(26)30)27(14-15(2)3)17(24-20)11-12-18(28)23-16-9-7-6-8-10-16/h15-16H,4-14H2,1-3H3,(H,23,28)(H,25,29,30). The van der Waals surface area contributed by atoms with Crippen LogP contribution in [0.1, 0.15) is 78.0 Å². The Kier molecular flexibility index (Phi) is 7.50. The number of H-pyrrole nitrogens is 1. The molecule has 1 aliphatic rings. The molecule has 8 nitrogen and oxygen atoms in total. The first-order chi connectivity index (χ1) is 14.4. The fraction of sp³-hybridized carbons (Fsp3) is 0.727. The Morgan fingerprint density at radius 3 is 2.60 bits per heavy atom. The normalized spacial score (nSPS) is 15.2. The number of nitrogens with one attached hydrogen (secondary N) is 2. The summed E-state index contributed by atoms with van der Waals surface area (Å²) >= 11 is 0. The molecule has 1 fully saturated rings. The van der Waals surface area contributed by atoms with E-state index in [9.17, 15) is 14.4 Å². The molecule has 0 bridgehead atoms. The molecule has 8 heteroatoms. The van der Waals surface area contributed by atoms with Crippen molar-refractivity contribution < 1.29 is 4.79 Å². The average Bonchev–Trinajstić information content (AvgIpc) is 3.05. The van der Waals surface area contributed by atoms with Crippen molar-refractivity contribution in [2.24, 2.45) is 5.92 Å². The summed E-state index contributed by atoms with van der Waals surface area (Å²) in [4.78, 5) is 44.6. The largest absolute Gasteiger partial charge is 0.353 e. The second kappa shape index (κ2) is 10.1. The zero-order valence-electron chi connectivity index (χ0n) is 18.5. The molecule has 0 saturated heterocycles. The van der Waals surface area contributed by atoms with Crippen molar-refractivity contribution in [3.05, 3.63) is 26.7 Å². The Labute approximate surface area is 177 Å². The van der Waals surface area contributed by atoms with Gasteiger partial charge in [-0.2, -0.15) is 0 Å². The summed E-state index contributed by atoms with van der Waals surface area (Å²) in [7, 11) is 0. The lowest BCUT2D eigenvalue weighted by Crippen LogP contribution is -2.36. The van der Waals surface area contributed by atoms with Crippen molar-refractivity contribution in [3.8, 4) is 0 Å². The van der Waals surface area contributed by atoms with E-state index in [1.54, 1.807) is 4.57 Å². The maximum atomic E-state index is 12.6. The smallest absolute Gasteiger partial charge is 0.330 e. The first-order valence-corrected chi connectivity index (χ1v) is 11.4. The fourth-order valence-electron chi connectivity index (χ4n) is 4.27. The highest BCUT2D eigenvalue weighted by Crippen LogP contribution is 2.18. The van der Waals surface area contributed by atoms with Gasteiger partial charge in [0.1, 0.15) is 5.82 Å². The molecule has 1 amide bonds. The lowest BCUT2D eigenvalue weighted by atomic mass is 9.95. The molecule has 2 N–H and O–H groups in total. The predicted octanol–water partition coefficient (Wildman–Crippen LogP) is 2.72. The van der Waals surface area contributed by atoms with E-state index in [0.717, 1.165) is 25.7 Å². The molecule has 3 rings (SSSR count). The number of hydrogen-bond acceptors (Lipinski definition) is 4. The number of amides is 1. The molecule has 0 aliphatic heterocycles. The highest BCUT2D eigenvalue weighted by atomic mass is 16.2. The Hall–Kier alpha value is -2.38. The number of carbonyl (C=O) groups is 1. The van der Waals surface area contributed by atoms with E-state index in [2.05, 4.69) is 36.1 Å². The summed E-state index contributed by atoms with van der Waals surface area (Å²) in [6, 6.07) is 0.280. The van der Waals surface area contributed by atoms with Crippen molar-refractivity contribution in [2.45, 2.75) is 97.7 Å². The van der Waals surface area contributed by atoms with E-state index in [0.29, 0.717) is 48.8 Å². The lowest BCUT2D eigenvalue weighted by molar-refractivity contribution is -0.122. The minimum absolute atomic E-state index is 0.0299. The Morgan fingerprint density at radius 2 is 1.93 bits per heavy atom. The fourth-order valence-corrected chi connectivity index (χ4v) is 4.27. The van der Waals surface area contributed by atoms with Crippen molar-refractivity contribution >= 4 is 17.1 Å². The molecule has 30 heavy (non-hydrogen) atoms. The second-order valence-electron chi connectivity index (χ2n) is 8.87. The topological polar surface area (TPSA) is 102 Å². The highest BCUT2D eigenvalue weighted by molar-refractivity contribution is 5.77. The number of carbonyl (C=O) groups excluding carboxylic acids is 1. The molecule has 1 saturated carbocycles. The second-order valence-corrected chi connectivity index (χ2v) is 8.87. The van der Waals surface area contributed by atoms with Gasteiger partial charge in [0.05, 0.1) is 0 Å². The van der Waals surface area contributed by atoms with Crippen molar-refractivity contribution in [1.82, 2.24) is 24.4 Å². The van der Waals surface area contributed by atoms with Gasteiger partial charge in [0.2, 0.25) is 5.91 Å². The van der Waals surface area contributed by atoms with Gasteiger partial charge in [0.15, 0.2) is 11.2 Å². The van der Waals surface area contributed by atoms with Gasteiger partial charge in [0, 0.05) is 32.0 Å². The third-order valence-electron chi connectivity index (χ3n) is 5.79. The lowest BCUT2D eigenvalue weighted by Gasteiger charge is -2.22. The number of aryl methyl sites for hydroxylation is 2. The molecule has 166 valence electrons. The molecule has 0 atom stereocenters. The Morgan fingerprint density at radius 1 is 1.20 bits per heavy atom. The van der Waals surface area contributed by atoms with Crippen LogP contribution in [0.2, 0.25) is 0 Å². The number of nitrogens with zero attached hydrogens (tertiary/aromatic N) is 3. The van der Waals surface area contributed by atoms with Crippen LogP contribution in [0, 0.1) is 5.92 Å². The van der Waals surface area contributed by atoms with Crippen molar-refractivity contribution in [2.75, 3.05) is 0 Å². The van der Waals surface area contributed by atoms with Crippen LogP contribution < -0.4 is 16.6 Å². The van der Waals surface area contributed by atoms with Crippen LogP contribution in [-0.4, -0.2) is 31.1 Å². The van der Waals surface area contributed by atoms with Gasteiger partial charge < -0.3 is 9.88 Å². The summed E-state index contributed by atoms with van der Waals surface area (Å²) in [5.74, 6) is 1.02. The predicted molar refractivity (Wildman–Crippen MR) is 118 cm³/mol. The summed E-state index contributed by atoms with van der Waals surface area (Å²) in [6.07, 6.45) is 8.25. The van der Waals surface area contributed by atoms with Gasteiger partial charge >= 0.3 is 5.69 Å².